The Labute approximate surface area is 206 Å². The number of carbonyl (C=O) groups excluding carboxylic acids is 1. The lowest BCUT2D eigenvalue weighted by Crippen LogP contribution is -2.40. The molecule has 4 rings (SSSR count). The molecule has 2 fully saturated rings. The summed E-state index contributed by atoms with van der Waals surface area (Å²) in [7, 11) is 0. The predicted molar refractivity (Wildman–Crippen MR) is 134 cm³/mol. The van der Waals surface area contributed by atoms with Crippen molar-refractivity contribution in [1.82, 2.24) is 5.32 Å². The number of amides is 1. The molecule has 0 atom stereocenters. The van der Waals surface area contributed by atoms with Crippen molar-refractivity contribution in [3.8, 4) is 0 Å². The molecule has 2 aliphatic heterocycles. The van der Waals surface area contributed by atoms with E-state index in [2.05, 4.69) is 15.5 Å². The standard InChI is InChI=1S/C22H24ClN5O5S/c23-17-2-1-3-18(20(17)27-8-12-33-13-9-27)24-22(34)25-21(29)16-14-15(28(30)31)4-5-19(16)26-6-10-32-11-7-26/h1-5,14H,6-13H2,(H2,24,25,29,34). The lowest BCUT2D eigenvalue weighted by atomic mass is 10.1. The van der Waals surface area contributed by atoms with Gasteiger partial charge in [0.05, 0.1) is 59.0 Å². The summed E-state index contributed by atoms with van der Waals surface area (Å²) < 4.78 is 10.8. The van der Waals surface area contributed by atoms with Gasteiger partial charge < -0.3 is 24.6 Å². The molecular formula is C22H24ClN5O5S. The highest BCUT2D eigenvalue weighted by molar-refractivity contribution is 7.80. The lowest BCUT2D eigenvalue weighted by Gasteiger charge is -2.31. The average Bonchev–Trinajstić information content (AvgIpc) is 2.84. The van der Waals surface area contributed by atoms with Crippen molar-refractivity contribution in [2.24, 2.45) is 0 Å². The van der Waals surface area contributed by atoms with Crippen molar-refractivity contribution >= 4 is 57.6 Å². The number of nitro groups is 1. The quantitative estimate of drug-likeness (QED) is 0.360. The SMILES string of the molecule is O=C(NC(=S)Nc1cccc(Cl)c1N1CCOCC1)c1cc([N+](=O)[O-])ccc1N1CCOCC1. The van der Waals surface area contributed by atoms with E-state index in [4.69, 9.17) is 33.3 Å². The molecule has 2 saturated heterocycles. The third-order valence-corrected chi connectivity index (χ3v) is 6.09. The highest BCUT2D eigenvalue weighted by Gasteiger charge is 2.23. The molecule has 2 N–H and O–H groups in total. The number of anilines is 3. The van der Waals surface area contributed by atoms with Gasteiger partial charge in [-0.25, -0.2) is 0 Å². The molecule has 2 heterocycles. The first-order valence-electron chi connectivity index (χ1n) is 10.8. The van der Waals surface area contributed by atoms with Gasteiger partial charge in [-0.15, -0.1) is 0 Å². The zero-order valence-electron chi connectivity index (χ0n) is 18.3. The molecule has 0 aromatic heterocycles. The van der Waals surface area contributed by atoms with Crippen LogP contribution in [0, 0.1) is 10.1 Å². The van der Waals surface area contributed by atoms with E-state index in [0.29, 0.717) is 69.0 Å². The van der Waals surface area contributed by atoms with Gasteiger partial charge in [-0.3, -0.25) is 20.2 Å². The minimum Gasteiger partial charge on any atom is -0.378 e. The van der Waals surface area contributed by atoms with Gasteiger partial charge in [0.25, 0.3) is 11.6 Å². The van der Waals surface area contributed by atoms with Crippen LogP contribution in [0.5, 0.6) is 0 Å². The van der Waals surface area contributed by atoms with Crippen LogP contribution in [-0.4, -0.2) is 68.5 Å². The van der Waals surface area contributed by atoms with Gasteiger partial charge in [-0.05, 0) is 30.4 Å². The molecule has 180 valence electrons. The normalized spacial score (nSPS) is 16.1. The van der Waals surface area contributed by atoms with E-state index in [0.717, 1.165) is 5.69 Å². The highest BCUT2D eigenvalue weighted by Crippen LogP contribution is 2.34. The molecule has 0 aliphatic carbocycles. The van der Waals surface area contributed by atoms with Crippen LogP contribution < -0.4 is 20.4 Å². The fraction of sp³-hybridized carbons (Fsp3) is 0.364. The number of hydrogen-bond donors (Lipinski definition) is 2. The molecule has 0 radical (unpaired) electrons. The zero-order chi connectivity index (χ0) is 24.1. The minimum atomic E-state index is -0.544. The van der Waals surface area contributed by atoms with Gasteiger partial charge in [-0.2, -0.15) is 0 Å². The second-order valence-electron chi connectivity index (χ2n) is 7.70. The van der Waals surface area contributed by atoms with E-state index in [1.165, 1.54) is 12.1 Å². The number of carbonyl (C=O) groups is 1. The molecular weight excluding hydrogens is 482 g/mol. The van der Waals surface area contributed by atoms with Gasteiger partial charge in [0.2, 0.25) is 0 Å². The molecule has 1 amide bonds. The number of morpholine rings is 2. The van der Waals surface area contributed by atoms with Crippen LogP contribution in [-0.2, 0) is 9.47 Å². The van der Waals surface area contributed by atoms with Crippen molar-refractivity contribution in [3.63, 3.8) is 0 Å². The van der Waals surface area contributed by atoms with Crippen molar-refractivity contribution in [2.45, 2.75) is 0 Å². The van der Waals surface area contributed by atoms with Crippen LogP contribution in [0.1, 0.15) is 10.4 Å². The minimum absolute atomic E-state index is 0.0567. The number of non-ortho nitro benzene ring substituents is 1. The topological polar surface area (TPSA) is 109 Å². The van der Waals surface area contributed by atoms with Crippen LogP contribution in [0.25, 0.3) is 0 Å². The average molecular weight is 506 g/mol. The van der Waals surface area contributed by atoms with E-state index in [1.54, 1.807) is 18.2 Å². The Bertz CT molecular complexity index is 1090. The van der Waals surface area contributed by atoms with Gasteiger partial charge in [0, 0.05) is 38.3 Å². The van der Waals surface area contributed by atoms with Crippen molar-refractivity contribution in [3.05, 3.63) is 57.1 Å². The summed E-state index contributed by atoms with van der Waals surface area (Å²) in [5.74, 6) is -0.544. The van der Waals surface area contributed by atoms with Crippen LogP contribution >= 0.6 is 23.8 Å². The monoisotopic (exact) mass is 505 g/mol. The molecule has 2 aromatic rings. The third-order valence-electron chi connectivity index (χ3n) is 5.58. The number of rotatable bonds is 5. The number of thiocarbonyl (C=S) groups is 1. The van der Waals surface area contributed by atoms with Gasteiger partial charge in [-0.1, -0.05) is 17.7 Å². The maximum absolute atomic E-state index is 13.2. The Morgan fingerprint density at radius 1 is 1.03 bits per heavy atom. The Hall–Kier alpha value is -2.99. The Morgan fingerprint density at radius 3 is 2.32 bits per heavy atom. The molecule has 10 nitrogen and oxygen atoms in total. The Kier molecular flexibility index (Phi) is 7.78. The number of nitrogens with zero attached hydrogens (tertiary/aromatic N) is 3. The number of hydrogen-bond acceptors (Lipinski definition) is 8. The van der Waals surface area contributed by atoms with Crippen molar-refractivity contribution in [2.75, 3.05) is 67.7 Å². The summed E-state index contributed by atoms with van der Waals surface area (Å²) in [5, 5.41) is 17.6. The van der Waals surface area contributed by atoms with Crippen LogP contribution in [0.4, 0.5) is 22.7 Å². The van der Waals surface area contributed by atoms with E-state index in [-0.39, 0.29) is 16.4 Å². The number of nitro benzene ring substituents is 1. The Morgan fingerprint density at radius 2 is 1.68 bits per heavy atom. The van der Waals surface area contributed by atoms with Gasteiger partial charge >= 0.3 is 0 Å². The maximum Gasteiger partial charge on any atom is 0.270 e. The summed E-state index contributed by atoms with van der Waals surface area (Å²) in [5.41, 5.74) is 2.00. The summed E-state index contributed by atoms with van der Waals surface area (Å²) in [6.07, 6.45) is 0. The summed E-state index contributed by atoms with van der Waals surface area (Å²) in [6.45, 7) is 4.70. The van der Waals surface area contributed by atoms with Crippen LogP contribution in [0.2, 0.25) is 5.02 Å². The molecule has 0 spiro atoms. The first kappa shape index (κ1) is 24.1. The molecule has 2 aliphatic rings. The van der Waals surface area contributed by atoms with Crippen molar-refractivity contribution < 1.29 is 19.2 Å². The fourth-order valence-electron chi connectivity index (χ4n) is 3.95. The van der Waals surface area contributed by atoms with Gasteiger partial charge in [0.1, 0.15) is 0 Å². The first-order chi connectivity index (χ1) is 16.4. The van der Waals surface area contributed by atoms with Crippen LogP contribution in [0.15, 0.2) is 36.4 Å². The smallest absolute Gasteiger partial charge is 0.270 e. The summed E-state index contributed by atoms with van der Waals surface area (Å²) in [4.78, 5) is 28.0. The van der Waals surface area contributed by atoms with Gasteiger partial charge in [0.15, 0.2) is 5.11 Å². The number of para-hydroxylation sites is 1. The van der Waals surface area contributed by atoms with Crippen molar-refractivity contribution in [1.29, 1.82) is 0 Å². The number of benzene rings is 2. The molecule has 34 heavy (non-hydrogen) atoms. The predicted octanol–water partition coefficient (Wildman–Crippen LogP) is 3.05. The van der Waals surface area contributed by atoms with E-state index < -0.39 is 10.8 Å². The summed E-state index contributed by atoms with van der Waals surface area (Å²) >= 11 is 11.9. The van der Waals surface area contributed by atoms with E-state index in [9.17, 15) is 14.9 Å². The highest BCUT2D eigenvalue weighted by atomic mass is 35.5. The molecule has 12 heteroatoms. The fourth-order valence-corrected chi connectivity index (χ4v) is 4.44. The molecule has 0 bridgehead atoms. The number of halogens is 1. The summed E-state index contributed by atoms with van der Waals surface area (Å²) in [6, 6.07) is 9.64. The van der Waals surface area contributed by atoms with E-state index in [1.807, 2.05) is 11.0 Å². The van der Waals surface area contributed by atoms with Crippen LogP contribution in [0.3, 0.4) is 0 Å². The molecule has 0 saturated carbocycles. The lowest BCUT2D eigenvalue weighted by molar-refractivity contribution is -0.384. The largest absolute Gasteiger partial charge is 0.378 e. The molecule has 2 aromatic carbocycles. The first-order valence-corrected chi connectivity index (χ1v) is 11.6. The third kappa shape index (κ3) is 5.55. The second kappa shape index (κ2) is 11.0. The zero-order valence-corrected chi connectivity index (χ0v) is 19.9. The Balaban J connectivity index is 1.54. The number of ether oxygens (including phenoxy) is 2. The van der Waals surface area contributed by atoms with E-state index >= 15 is 0 Å². The second-order valence-corrected chi connectivity index (χ2v) is 8.52. The molecule has 0 unspecified atom stereocenters. The number of nitrogens with one attached hydrogen (secondary N) is 2. The maximum atomic E-state index is 13.2.